The molecule has 0 fully saturated rings. The lowest BCUT2D eigenvalue weighted by Gasteiger charge is -2.12. The normalized spacial score (nSPS) is 10.2. The van der Waals surface area contributed by atoms with Gasteiger partial charge in [-0.2, -0.15) is 0 Å². The van der Waals surface area contributed by atoms with Crippen LogP contribution in [0, 0.1) is 0 Å². The van der Waals surface area contributed by atoms with Crippen LogP contribution in [-0.4, -0.2) is 13.3 Å². The topological polar surface area (TPSA) is 44.5 Å². The predicted octanol–water partition coefficient (Wildman–Crippen LogP) is 2.99. The standard InChI is InChI=1S/C16H19NO2/c17-12-6-8-14-7-4-5-11-16(14)19-13-18-15-9-2-1-3-10-15/h1-5,7,9-11H,6,8,12-13,17H2. The van der Waals surface area contributed by atoms with Gasteiger partial charge in [-0.1, -0.05) is 36.4 Å². The summed E-state index contributed by atoms with van der Waals surface area (Å²) >= 11 is 0. The molecule has 0 bridgehead atoms. The Kier molecular flexibility index (Phi) is 5.26. The third-order valence-electron chi connectivity index (χ3n) is 2.81. The van der Waals surface area contributed by atoms with Gasteiger partial charge < -0.3 is 15.2 Å². The summed E-state index contributed by atoms with van der Waals surface area (Å²) in [7, 11) is 0. The number of rotatable bonds is 7. The first-order valence-electron chi connectivity index (χ1n) is 6.49. The number of aryl methyl sites for hydroxylation is 1. The molecule has 0 saturated carbocycles. The zero-order valence-corrected chi connectivity index (χ0v) is 10.9. The second-order valence-electron chi connectivity index (χ2n) is 4.22. The van der Waals surface area contributed by atoms with Crippen molar-refractivity contribution in [2.24, 2.45) is 5.73 Å². The highest BCUT2D eigenvalue weighted by Gasteiger charge is 2.02. The molecule has 0 aromatic heterocycles. The van der Waals surface area contributed by atoms with Gasteiger partial charge in [0.05, 0.1) is 0 Å². The largest absolute Gasteiger partial charge is 0.458 e. The van der Waals surface area contributed by atoms with Crippen LogP contribution in [0.2, 0.25) is 0 Å². The van der Waals surface area contributed by atoms with Crippen LogP contribution in [0.3, 0.4) is 0 Å². The Hall–Kier alpha value is -2.00. The van der Waals surface area contributed by atoms with E-state index >= 15 is 0 Å². The van der Waals surface area contributed by atoms with Crippen LogP contribution in [0.4, 0.5) is 0 Å². The van der Waals surface area contributed by atoms with E-state index in [4.69, 9.17) is 15.2 Å². The van der Waals surface area contributed by atoms with Gasteiger partial charge in [-0.25, -0.2) is 0 Å². The molecule has 0 heterocycles. The molecular weight excluding hydrogens is 238 g/mol. The second kappa shape index (κ2) is 7.44. The van der Waals surface area contributed by atoms with Crippen molar-refractivity contribution in [3.8, 4) is 11.5 Å². The maximum atomic E-state index is 5.68. The van der Waals surface area contributed by atoms with Gasteiger partial charge in [0.1, 0.15) is 11.5 Å². The fraction of sp³-hybridized carbons (Fsp3) is 0.250. The molecule has 0 aliphatic rings. The molecule has 0 saturated heterocycles. The smallest absolute Gasteiger partial charge is 0.230 e. The number of nitrogens with two attached hydrogens (primary N) is 1. The van der Waals surface area contributed by atoms with Gasteiger partial charge in [-0.15, -0.1) is 0 Å². The van der Waals surface area contributed by atoms with Crippen molar-refractivity contribution in [2.45, 2.75) is 12.8 Å². The molecule has 0 amide bonds. The molecule has 2 rings (SSSR count). The van der Waals surface area contributed by atoms with E-state index in [0.29, 0.717) is 6.54 Å². The Morgan fingerprint density at radius 3 is 2.37 bits per heavy atom. The third-order valence-corrected chi connectivity index (χ3v) is 2.81. The number of benzene rings is 2. The van der Waals surface area contributed by atoms with Gasteiger partial charge in [0, 0.05) is 0 Å². The Morgan fingerprint density at radius 2 is 1.58 bits per heavy atom. The van der Waals surface area contributed by atoms with Crippen LogP contribution in [0.25, 0.3) is 0 Å². The Morgan fingerprint density at radius 1 is 0.842 bits per heavy atom. The van der Waals surface area contributed by atoms with E-state index in [9.17, 15) is 0 Å². The minimum Gasteiger partial charge on any atom is -0.458 e. The molecule has 0 spiro atoms. The van der Waals surface area contributed by atoms with Gasteiger partial charge in [0.25, 0.3) is 0 Å². The highest BCUT2D eigenvalue weighted by molar-refractivity contribution is 5.33. The molecule has 0 unspecified atom stereocenters. The second-order valence-corrected chi connectivity index (χ2v) is 4.22. The van der Waals surface area contributed by atoms with Crippen LogP contribution in [0.15, 0.2) is 54.6 Å². The Balaban J connectivity index is 1.88. The van der Waals surface area contributed by atoms with Crippen molar-refractivity contribution in [3.05, 3.63) is 60.2 Å². The first kappa shape index (κ1) is 13.4. The van der Waals surface area contributed by atoms with Gasteiger partial charge >= 0.3 is 0 Å². The van der Waals surface area contributed by atoms with E-state index in [1.807, 2.05) is 48.5 Å². The summed E-state index contributed by atoms with van der Waals surface area (Å²) in [4.78, 5) is 0. The molecule has 2 aromatic rings. The molecule has 0 radical (unpaired) electrons. The number of ether oxygens (including phenoxy) is 2. The first-order valence-corrected chi connectivity index (χ1v) is 6.49. The molecule has 0 aliphatic carbocycles. The lowest BCUT2D eigenvalue weighted by atomic mass is 10.1. The minimum atomic E-state index is 0.212. The van der Waals surface area contributed by atoms with Crippen LogP contribution < -0.4 is 15.2 Å². The third kappa shape index (κ3) is 4.30. The molecule has 3 nitrogen and oxygen atoms in total. The van der Waals surface area contributed by atoms with E-state index in [2.05, 4.69) is 6.07 Å². The highest BCUT2D eigenvalue weighted by atomic mass is 16.7. The molecular formula is C16H19NO2. The molecule has 100 valence electrons. The van der Waals surface area contributed by atoms with E-state index in [1.54, 1.807) is 0 Å². The van der Waals surface area contributed by atoms with Crippen molar-refractivity contribution in [1.29, 1.82) is 0 Å². The fourth-order valence-corrected chi connectivity index (χ4v) is 1.82. The number of hydrogen-bond donors (Lipinski definition) is 1. The van der Waals surface area contributed by atoms with Gasteiger partial charge in [-0.05, 0) is 43.1 Å². The molecule has 0 aliphatic heterocycles. The fourth-order valence-electron chi connectivity index (χ4n) is 1.82. The van der Waals surface area contributed by atoms with Crippen LogP contribution >= 0.6 is 0 Å². The molecule has 3 heteroatoms. The van der Waals surface area contributed by atoms with Crippen molar-refractivity contribution in [2.75, 3.05) is 13.3 Å². The molecule has 0 atom stereocenters. The minimum absolute atomic E-state index is 0.212. The SMILES string of the molecule is NCCCc1ccccc1OCOc1ccccc1. The van der Waals surface area contributed by atoms with E-state index < -0.39 is 0 Å². The summed E-state index contributed by atoms with van der Waals surface area (Å²) in [5.41, 5.74) is 6.71. The average molecular weight is 257 g/mol. The molecule has 19 heavy (non-hydrogen) atoms. The lowest BCUT2D eigenvalue weighted by molar-refractivity contribution is 0.119. The summed E-state index contributed by atoms with van der Waals surface area (Å²) in [5.74, 6) is 1.67. The number of hydrogen-bond acceptors (Lipinski definition) is 3. The van der Waals surface area contributed by atoms with Crippen LogP contribution in [0.1, 0.15) is 12.0 Å². The number of para-hydroxylation sites is 2. The monoisotopic (exact) mass is 257 g/mol. The summed E-state index contributed by atoms with van der Waals surface area (Å²) in [6.45, 7) is 0.901. The summed E-state index contributed by atoms with van der Waals surface area (Å²) in [5, 5.41) is 0. The van der Waals surface area contributed by atoms with Crippen LogP contribution in [0.5, 0.6) is 11.5 Å². The van der Waals surface area contributed by atoms with E-state index in [1.165, 1.54) is 5.56 Å². The Labute approximate surface area is 114 Å². The maximum Gasteiger partial charge on any atom is 0.230 e. The van der Waals surface area contributed by atoms with Crippen molar-refractivity contribution in [3.63, 3.8) is 0 Å². The lowest BCUT2D eigenvalue weighted by Crippen LogP contribution is -2.08. The Bertz CT molecular complexity index is 485. The summed E-state index contributed by atoms with van der Waals surface area (Å²) in [6, 6.07) is 17.6. The van der Waals surface area contributed by atoms with E-state index in [0.717, 1.165) is 24.3 Å². The average Bonchev–Trinajstić information content (AvgIpc) is 2.47. The van der Waals surface area contributed by atoms with Crippen molar-refractivity contribution >= 4 is 0 Å². The summed E-state index contributed by atoms with van der Waals surface area (Å²) in [6.07, 6.45) is 1.89. The van der Waals surface area contributed by atoms with Gasteiger partial charge in [-0.3, -0.25) is 0 Å². The first-order chi connectivity index (χ1) is 9.40. The quantitative estimate of drug-likeness (QED) is 0.775. The van der Waals surface area contributed by atoms with Crippen LogP contribution in [-0.2, 0) is 6.42 Å². The summed E-state index contributed by atoms with van der Waals surface area (Å²) < 4.78 is 11.2. The molecule has 2 aromatic carbocycles. The van der Waals surface area contributed by atoms with E-state index in [-0.39, 0.29) is 6.79 Å². The molecule has 2 N–H and O–H groups in total. The van der Waals surface area contributed by atoms with Crippen molar-refractivity contribution < 1.29 is 9.47 Å². The zero-order chi connectivity index (χ0) is 13.3. The van der Waals surface area contributed by atoms with Gasteiger partial charge in [0.15, 0.2) is 0 Å². The predicted molar refractivity (Wildman–Crippen MR) is 76.4 cm³/mol. The van der Waals surface area contributed by atoms with Crippen molar-refractivity contribution in [1.82, 2.24) is 0 Å². The maximum absolute atomic E-state index is 5.68. The highest BCUT2D eigenvalue weighted by Crippen LogP contribution is 2.19. The zero-order valence-electron chi connectivity index (χ0n) is 10.9. The van der Waals surface area contributed by atoms with Gasteiger partial charge in [0.2, 0.25) is 6.79 Å².